The smallest absolute Gasteiger partial charge is 0.255 e. The molecule has 0 aromatic heterocycles. The van der Waals surface area contributed by atoms with Gasteiger partial charge in [0.2, 0.25) is 0 Å². The minimum absolute atomic E-state index is 0. The van der Waals surface area contributed by atoms with E-state index in [1.54, 1.807) is 12.1 Å². The van der Waals surface area contributed by atoms with E-state index in [9.17, 15) is 4.79 Å². The molecule has 0 aliphatic carbocycles. The molecule has 0 radical (unpaired) electrons. The lowest BCUT2D eigenvalue weighted by atomic mass is 10.2. The molecule has 0 fully saturated rings. The molecule has 0 saturated heterocycles. The van der Waals surface area contributed by atoms with Crippen LogP contribution >= 0.6 is 0 Å². The van der Waals surface area contributed by atoms with Crippen LogP contribution in [0.1, 0.15) is 18.8 Å². The molecular formula is C14H17NO. The molecule has 0 spiro atoms. The van der Waals surface area contributed by atoms with Crippen LogP contribution in [0.2, 0.25) is 0 Å². The fourth-order valence-electron chi connectivity index (χ4n) is 1.43. The number of hydrogen-bond donors (Lipinski definition) is 1. The fraction of sp³-hybridized carbons (Fsp3) is 0.0714. The first-order valence-electron chi connectivity index (χ1n) is 5.19. The van der Waals surface area contributed by atoms with Gasteiger partial charge in [-0.1, -0.05) is 35.9 Å². The van der Waals surface area contributed by atoms with Gasteiger partial charge in [0.05, 0.1) is 0 Å². The van der Waals surface area contributed by atoms with Gasteiger partial charge in [-0.15, -0.1) is 0 Å². The van der Waals surface area contributed by atoms with Crippen molar-refractivity contribution in [2.45, 2.75) is 6.92 Å². The number of anilines is 1. The van der Waals surface area contributed by atoms with Crippen molar-refractivity contribution in [2.75, 3.05) is 5.32 Å². The van der Waals surface area contributed by atoms with Crippen LogP contribution in [0.3, 0.4) is 0 Å². The van der Waals surface area contributed by atoms with E-state index in [4.69, 9.17) is 0 Å². The largest absolute Gasteiger partial charge is 0.322 e. The van der Waals surface area contributed by atoms with Crippen molar-refractivity contribution < 1.29 is 7.65 Å². The average Bonchev–Trinajstić information content (AvgIpc) is 2.33. The van der Waals surface area contributed by atoms with Crippen LogP contribution < -0.4 is 5.32 Å². The number of amides is 1. The Morgan fingerprint density at radius 1 is 1.00 bits per heavy atom. The topological polar surface area (TPSA) is 29.1 Å². The number of nitrogens with one attached hydrogen (secondary N) is 1. The summed E-state index contributed by atoms with van der Waals surface area (Å²) in [5.41, 5.74) is 2.67. The average molecular weight is 215 g/mol. The third-order valence-electron chi connectivity index (χ3n) is 2.35. The van der Waals surface area contributed by atoms with Crippen molar-refractivity contribution in [3.05, 3.63) is 65.7 Å². The number of carbonyl (C=O) groups is 1. The first kappa shape index (κ1) is 10.4. The molecule has 2 heteroatoms. The van der Waals surface area contributed by atoms with Crippen LogP contribution in [0.4, 0.5) is 5.69 Å². The monoisotopic (exact) mass is 215 g/mol. The molecule has 84 valence electrons. The van der Waals surface area contributed by atoms with Crippen LogP contribution in [0.5, 0.6) is 0 Å². The van der Waals surface area contributed by atoms with Crippen molar-refractivity contribution in [3.63, 3.8) is 0 Å². The zero-order valence-electron chi connectivity index (χ0n) is 9.10. The number of carbonyl (C=O) groups excluding carboxylic acids is 1. The van der Waals surface area contributed by atoms with Gasteiger partial charge in [-0.3, -0.25) is 4.79 Å². The van der Waals surface area contributed by atoms with E-state index in [0.717, 1.165) is 5.69 Å². The third-order valence-corrected chi connectivity index (χ3v) is 2.35. The van der Waals surface area contributed by atoms with E-state index in [0.29, 0.717) is 5.56 Å². The zero-order chi connectivity index (χ0) is 11.4. The molecule has 0 unspecified atom stereocenters. The number of hydrogen-bond acceptors (Lipinski definition) is 1. The van der Waals surface area contributed by atoms with E-state index in [-0.39, 0.29) is 8.76 Å². The molecule has 2 nitrogen and oxygen atoms in total. The molecular weight excluding hydrogens is 198 g/mol. The van der Waals surface area contributed by atoms with Crippen molar-refractivity contribution in [3.8, 4) is 0 Å². The highest BCUT2D eigenvalue weighted by Crippen LogP contribution is 2.10. The number of aryl methyl sites for hydroxylation is 1. The third kappa shape index (κ3) is 2.48. The van der Waals surface area contributed by atoms with Gasteiger partial charge in [0.15, 0.2) is 0 Å². The van der Waals surface area contributed by atoms with Crippen molar-refractivity contribution in [1.82, 2.24) is 0 Å². The highest BCUT2D eigenvalue weighted by atomic mass is 16.1. The lowest BCUT2D eigenvalue weighted by Gasteiger charge is -2.05. The van der Waals surface area contributed by atoms with Crippen LogP contribution in [-0.4, -0.2) is 5.91 Å². The second-order valence-electron chi connectivity index (χ2n) is 3.69. The molecule has 16 heavy (non-hydrogen) atoms. The molecule has 2 aromatic carbocycles. The first-order valence-corrected chi connectivity index (χ1v) is 5.19. The van der Waals surface area contributed by atoms with Gasteiger partial charge in [0.1, 0.15) is 0 Å². The minimum Gasteiger partial charge on any atom is -0.322 e. The van der Waals surface area contributed by atoms with Crippen LogP contribution in [-0.2, 0) is 0 Å². The molecule has 0 aliphatic rings. The maximum absolute atomic E-state index is 11.8. The predicted octanol–water partition coefficient (Wildman–Crippen LogP) is 3.74. The Bertz CT molecular complexity index is 483. The second kappa shape index (κ2) is 4.62. The minimum atomic E-state index is -0.0792. The van der Waals surface area contributed by atoms with Gasteiger partial charge in [-0.2, -0.15) is 0 Å². The van der Waals surface area contributed by atoms with Crippen LogP contribution in [0.15, 0.2) is 54.6 Å². The van der Waals surface area contributed by atoms with Gasteiger partial charge < -0.3 is 5.32 Å². The standard InChI is InChI=1S/C14H13NO.2H2/c1-11-7-9-13(10-8-11)15-14(16)12-5-3-2-4-6-12;;/h2-10H,1H3,(H,15,16);2*1H. The summed E-state index contributed by atoms with van der Waals surface area (Å²) in [5.74, 6) is -0.0792. The van der Waals surface area contributed by atoms with Crippen molar-refractivity contribution >= 4 is 11.6 Å². The maximum Gasteiger partial charge on any atom is 0.255 e. The Morgan fingerprint density at radius 3 is 2.25 bits per heavy atom. The van der Waals surface area contributed by atoms with Gasteiger partial charge in [-0.25, -0.2) is 0 Å². The molecule has 2 aromatic rings. The summed E-state index contributed by atoms with van der Waals surface area (Å²) in [5, 5.41) is 2.85. The molecule has 2 rings (SSSR count). The summed E-state index contributed by atoms with van der Waals surface area (Å²) in [4.78, 5) is 11.8. The van der Waals surface area contributed by atoms with E-state index < -0.39 is 0 Å². The Kier molecular flexibility index (Phi) is 3.01. The van der Waals surface area contributed by atoms with Crippen molar-refractivity contribution in [1.29, 1.82) is 0 Å². The Labute approximate surface area is 97.9 Å². The Balaban J connectivity index is 0.00000144. The van der Waals surface area contributed by atoms with E-state index in [1.165, 1.54) is 5.56 Å². The highest BCUT2D eigenvalue weighted by Gasteiger charge is 2.03. The van der Waals surface area contributed by atoms with Gasteiger partial charge >= 0.3 is 0 Å². The number of rotatable bonds is 2. The fourth-order valence-corrected chi connectivity index (χ4v) is 1.43. The molecule has 1 N–H and O–H groups in total. The lowest BCUT2D eigenvalue weighted by Crippen LogP contribution is -2.11. The van der Waals surface area contributed by atoms with E-state index in [2.05, 4.69) is 5.32 Å². The Morgan fingerprint density at radius 2 is 1.62 bits per heavy atom. The number of benzene rings is 2. The van der Waals surface area contributed by atoms with Crippen LogP contribution in [0.25, 0.3) is 0 Å². The lowest BCUT2D eigenvalue weighted by molar-refractivity contribution is 0.102. The van der Waals surface area contributed by atoms with E-state index in [1.807, 2.05) is 49.4 Å². The zero-order valence-corrected chi connectivity index (χ0v) is 9.10. The summed E-state index contributed by atoms with van der Waals surface area (Å²) in [6.45, 7) is 2.02. The summed E-state index contributed by atoms with van der Waals surface area (Å²) in [7, 11) is 0. The second-order valence-corrected chi connectivity index (χ2v) is 3.69. The normalized spacial score (nSPS) is 9.81. The quantitative estimate of drug-likeness (QED) is 0.812. The molecule has 0 bridgehead atoms. The highest BCUT2D eigenvalue weighted by molar-refractivity contribution is 6.04. The molecule has 1 amide bonds. The molecule has 0 atom stereocenters. The van der Waals surface area contributed by atoms with Crippen molar-refractivity contribution in [2.24, 2.45) is 0 Å². The molecule has 0 heterocycles. The van der Waals surface area contributed by atoms with E-state index >= 15 is 0 Å². The van der Waals surface area contributed by atoms with Crippen LogP contribution in [0, 0.1) is 6.92 Å². The Hall–Kier alpha value is -2.09. The SMILES string of the molecule is Cc1ccc(NC(=O)c2ccccc2)cc1.[HH].[HH]. The van der Waals surface area contributed by atoms with Gasteiger partial charge in [0.25, 0.3) is 5.91 Å². The maximum atomic E-state index is 11.8. The summed E-state index contributed by atoms with van der Waals surface area (Å²) < 4.78 is 0. The summed E-state index contributed by atoms with van der Waals surface area (Å²) in [6.07, 6.45) is 0. The van der Waals surface area contributed by atoms with Gasteiger partial charge in [-0.05, 0) is 31.2 Å². The van der Waals surface area contributed by atoms with Gasteiger partial charge in [0, 0.05) is 14.1 Å². The first-order chi connectivity index (χ1) is 7.75. The summed E-state index contributed by atoms with van der Waals surface area (Å²) >= 11 is 0. The molecule has 0 aliphatic heterocycles. The summed E-state index contributed by atoms with van der Waals surface area (Å²) in [6, 6.07) is 16.9. The predicted molar refractivity (Wildman–Crippen MR) is 69.8 cm³/mol. The molecule has 0 saturated carbocycles.